The zero-order chi connectivity index (χ0) is 11.2. The third-order valence-electron chi connectivity index (χ3n) is 3.69. The van der Waals surface area contributed by atoms with Gasteiger partial charge in [0.15, 0.2) is 5.82 Å². The Bertz CT molecular complexity index is 458. The van der Waals surface area contributed by atoms with Crippen molar-refractivity contribution in [1.29, 1.82) is 0 Å². The maximum Gasteiger partial charge on any atom is 0.293 e. The van der Waals surface area contributed by atoms with Crippen LogP contribution in [-0.4, -0.2) is 15.1 Å². The van der Waals surface area contributed by atoms with Crippen molar-refractivity contribution in [2.75, 3.05) is 5.32 Å². The molecule has 86 valence electrons. The van der Waals surface area contributed by atoms with Crippen molar-refractivity contribution in [2.24, 2.45) is 0 Å². The largest absolute Gasteiger partial charge is 0.360 e. The summed E-state index contributed by atoms with van der Waals surface area (Å²) >= 11 is 0. The Morgan fingerprint density at radius 2 is 2.25 bits per heavy atom. The molecule has 1 N–H and O–H groups in total. The topological polar surface area (TPSA) is 46.9 Å². The molecule has 4 nitrogen and oxygen atoms in total. The summed E-state index contributed by atoms with van der Waals surface area (Å²) in [6.45, 7) is 2.16. The van der Waals surface area contributed by atoms with Crippen LogP contribution in [0, 0.1) is 0 Å². The average Bonchev–Trinajstić information content (AvgIpc) is 3.02. The van der Waals surface area contributed by atoms with Gasteiger partial charge in [-0.2, -0.15) is 0 Å². The third-order valence-corrected chi connectivity index (χ3v) is 3.69. The SMILES string of the molecule is CC1(Nc2nccn(C3CC3)c2=O)CCC1. The number of anilines is 1. The van der Waals surface area contributed by atoms with Gasteiger partial charge in [-0.25, -0.2) is 4.98 Å². The van der Waals surface area contributed by atoms with E-state index in [1.165, 1.54) is 6.42 Å². The monoisotopic (exact) mass is 219 g/mol. The number of nitrogens with zero attached hydrogens (tertiary/aromatic N) is 2. The van der Waals surface area contributed by atoms with Gasteiger partial charge in [0.2, 0.25) is 0 Å². The Kier molecular flexibility index (Phi) is 2.06. The second-order valence-electron chi connectivity index (χ2n) is 5.26. The summed E-state index contributed by atoms with van der Waals surface area (Å²) in [7, 11) is 0. The second kappa shape index (κ2) is 3.34. The first-order valence-corrected chi connectivity index (χ1v) is 6.03. The van der Waals surface area contributed by atoms with Gasteiger partial charge < -0.3 is 9.88 Å². The highest BCUT2D eigenvalue weighted by molar-refractivity contribution is 5.36. The first-order chi connectivity index (χ1) is 7.68. The predicted octanol–water partition coefficient (Wildman–Crippen LogP) is 1.93. The van der Waals surface area contributed by atoms with Crippen LogP contribution in [0.1, 0.15) is 45.1 Å². The Balaban J connectivity index is 1.89. The molecule has 0 unspecified atom stereocenters. The summed E-state index contributed by atoms with van der Waals surface area (Å²) in [6.07, 6.45) is 9.28. The van der Waals surface area contributed by atoms with E-state index in [0.717, 1.165) is 25.7 Å². The van der Waals surface area contributed by atoms with Gasteiger partial charge in [-0.1, -0.05) is 0 Å². The molecule has 0 saturated heterocycles. The van der Waals surface area contributed by atoms with E-state index >= 15 is 0 Å². The van der Waals surface area contributed by atoms with Gasteiger partial charge >= 0.3 is 0 Å². The van der Waals surface area contributed by atoms with Crippen molar-refractivity contribution < 1.29 is 0 Å². The highest BCUT2D eigenvalue weighted by atomic mass is 16.1. The number of hydrogen-bond donors (Lipinski definition) is 1. The fourth-order valence-electron chi connectivity index (χ4n) is 2.27. The number of nitrogens with one attached hydrogen (secondary N) is 1. The smallest absolute Gasteiger partial charge is 0.293 e. The minimum atomic E-state index is 0.0399. The fourth-order valence-corrected chi connectivity index (χ4v) is 2.27. The highest BCUT2D eigenvalue weighted by Gasteiger charge is 2.33. The highest BCUT2D eigenvalue weighted by Crippen LogP contribution is 2.35. The average molecular weight is 219 g/mol. The molecule has 2 aliphatic carbocycles. The molecule has 1 aromatic rings. The molecular formula is C12H17N3O. The van der Waals surface area contributed by atoms with E-state index in [4.69, 9.17) is 0 Å². The zero-order valence-electron chi connectivity index (χ0n) is 9.57. The minimum absolute atomic E-state index is 0.0399. The quantitative estimate of drug-likeness (QED) is 0.845. The molecule has 3 rings (SSSR count). The van der Waals surface area contributed by atoms with E-state index in [0.29, 0.717) is 11.9 Å². The zero-order valence-corrected chi connectivity index (χ0v) is 9.57. The molecule has 0 atom stereocenters. The van der Waals surface area contributed by atoms with Crippen LogP contribution in [0.4, 0.5) is 5.82 Å². The van der Waals surface area contributed by atoms with Crippen LogP contribution in [0.5, 0.6) is 0 Å². The number of hydrogen-bond acceptors (Lipinski definition) is 3. The van der Waals surface area contributed by atoms with E-state index in [2.05, 4.69) is 17.2 Å². The van der Waals surface area contributed by atoms with Crippen molar-refractivity contribution in [3.63, 3.8) is 0 Å². The Morgan fingerprint density at radius 1 is 1.50 bits per heavy atom. The summed E-state index contributed by atoms with van der Waals surface area (Å²) in [5.74, 6) is 0.525. The summed E-state index contributed by atoms with van der Waals surface area (Å²) in [5.41, 5.74) is 0.132. The lowest BCUT2D eigenvalue weighted by atomic mass is 9.78. The molecule has 0 aromatic carbocycles. The van der Waals surface area contributed by atoms with Gasteiger partial charge in [0.1, 0.15) is 0 Å². The molecule has 1 aromatic heterocycles. The summed E-state index contributed by atoms with van der Waals surface area (Å²) < 4.78 is 1.82. The molecule has 0 aliphatic heterocycles. The van der Waals surface area contributed by atoms with Crippen molar-refractivity contribution >= 4 is 5.82 Å². The maximum atomic E-state index is 12.1. The maximum absolute atomic E-state index is 12.1. The van der Waals surface area contributed by atoms with Gasteiger partial charge in [-0.15, -0.1) is 0 Å². The molecule has 0 bridgehead atoms. The number of rotatable bonds is 3. The Hall–Kier alpha value is -1.32. The summed E-state index contributed by atoms with van der Waals surface area (Å²) in [5, 5.41) is 3.30. The molecule has 2 aliphatic rings. The van der Waals surface area contributed by atoms with Crippen molar-refractivity contribution in [1.82, 2.24) is 9.55 Å². The normalized spacial score (nSPS) is 22.6. The molecule has 16 heavy (non-hydrogen) atoms. The number of aromatic nitrogens is 2. The van der Waals surface area contributed by atoms with E-state index in [9.17, 15) is 4.79 Å². The molecule has 0 radical (unpaired) electrons. The Labute approximate surface area is 94.7 Å². The van der Waals surface area contributed by atoms with Crippen LogP contribution in [-0.2, 0) is 0 Å². The van der Waals surface area contributed by atoms with Crippen LogP contribution in [0.3, 0.4) is 0 Å². The van der Waals surface area contributed by atoms with Crippen molar-refractivity contribution in [3.05, 3.63) is 22.7 Å². The Morgan fingerprint density at radius 3 is 2.81 bits per heavy atom. The van der Waals surface area contributed by atoms with Crippen molar-refractivity contribution in [3.8, 4) is 0 Å². The molecule has 4 heteroatoms. The third kappa shape index (κ3) is 1.62. The lowest BCUT2D eigenvalue weighted by Gasteiger charge is -2.39. The van der Waals surface area contributed by atoms with Crippen LogP contribution in [0.15, 0.2) is 17.2 Å². The molecule has 2 fully saturated rings. The second-order valence-corrected chi connectivity index (χ2v) is 5.26. The first kappa shape index (κ1) is 9.87. The predicted molar refractivity (Wildman–Crippen MR) is 62.6 cm³/mol. The van der Waals surface area contributed by atoms with Crippen LogP contribution in [0.2, 0.25) is 0 Å². The van der Waals surface area contributed by atoms with E-state index in [1.807, 2.05) is 4.57 Å². The van der Waals surface area contributed by atoms with Crippen LogP contribution in [0.25, 0.3) is 0 Å². The lowest BCUT2D eigenvalue weighted by Crippen LogP contribution is -2.44. The van der Waals surface area contributed by atoms with Crippen molar-refractivity contribution in [2.45, 2.75) is 50.6 Å². The minimum Gasteiger partial charge on any atom is -0.360 e. The van der Waals surface area contributed by atoms with Gasteiger partial charge in [0.25, 0.3) is 5.56 Å². The molecule has 1 heterocycles. The van der Waals surface area contributed by atoms with E-state index in [1.54, 1.807) is 12.4 Å². The molecule has 2 saturated carbocycles. The van der Waals surface area contributed by atoms with E-state index < -0.39 is 0 Å². The van der Waals surface area contributed by atoms with Gasteiger partial charge in [0.05, 0.1) is 0 Å². The van der Waals surface area contributed by atoms with Gasteiger partial charge in [-0.3, -0.25) is 4.79 Å². The molecule has 0 amide bonds. The molecule has 0 spiro atoms. The summed E-state index contributed by atoms with van der Waals surface area (Å²) in [4.78, 5) is 16.3. The van der Waals surface area contributed by atoms with Crippen LogP contribution >= 0.6 is 0 Å². The standard InChI is InChI=1S/C12H17N3O/c1-12(5-2-6-12)14-10-11(16)15(8-7-13-10)9-3-4-9/h7-9H,2-6H2,1H3,(H,13,14). The van der Waals surface area contributed by atoms with Gasteiger partial charge in [0, 0.05) is 24.0 Å². The summed E-state index contributed by atoms with van der Waals surface area (Å²) in [6, 6.07) is 0.422. The van der Waals surface area contributed by atoms with E-state index in [-0.39, 0.29) is 11.1 Å². The lowest BCUT2D eigenvalue weighted by molar-refractivity contribution is 0.305. The van der Waals surface area contributed by atoms with Crippen LogP contribution < -0.4 is 10.9 Å². The van der Waals surface area contributed by atoms with Gasteiger partial charge in [-0.05, 0) is 39.0 Å². The molecular weight excluding hydrogens is 202 g/mol. The fraction of sp³-hybridized carbons (Fsp3) is 0.667. The first-order valence-electron chi connectivity index (χ1n) is 6.03.